The molecule has 0 aliphatic heterocycles. The fourth-order valence-corrected chi connectivity index (χ4v) is 2.43. The molecule has 20 heavy (non-hydrogen) atoms. The van der Waals surface area contributed by atoms with Crippen molar-refractivity contribution in [3.05, 3.63) is 35.7 Å². The highest BCUT2D eigenvalue weighted by Crippen LogP contribution is 2.20. The van der Waals surface area contributed by atoms with Crippen molar-refractivity contribution in [3.8, 4) is 11.4 Å². The van der Waals surface area contributed by atoms with Gasteiger partial charge < -0.3 is 10.3 Å². The fraction of sp³-hybridized carbons (Fsp3) is 0.385. The molecule has 1 aromatic heterocycles. The average Bonchev–Trinajstić information content (AvgIpc) is 2.84. The van der Waals surface area contributed by atoms with E-state index in [4.69, 9.17) is 10.3 Å². The van der Waals surface area contributed by atoms with E-state index in [2.05, 4.69) is 10.1 Å². The zero-order valence-corrected chi connectivity index (χ0v) is 12.2. The summed E-state index contributed by atoms with van der Waals surface area (Å²) in [6.45, 7) is 1.97. The van der Waals surface area contributed by atoms with Crippen LogP contribution in [0.2, 0.25) is 0 Å². The van der Waals surface area contributed by atoms with Crippen LogP contribution in [0.15, 0.2) is 28.8 Å². The van der Waals surface area contributed by atoms with Gasteiger partial charge in [0.1, 0.15) is 9.84 Å². The van der Waals surface area contributed by atoms with Gasteiger partial charge in [0.25, 0.3) is 0 Å². The van der Waals surface area contributed by atoms with E-state index in [-0.39, 0.29) is 18.1 Å². The van der Waals surface area contributed by atoms with Gasteiger partial charge in [-0.1, -0.05) is 28.9 Å². The maximum absolute atomic E-state index is 11.1. The molecule has 0 fully saturated rings. The summed E-state index contributed by atoms with van der Waals surface area (Å²) in [5, 5.41) is 3.88. The Labute approximate surface area is 117 Å². The standard InChI is InChI=1S/C13H17N3O3S/c1-9-4-3-5-10(8-9)12-15-13(19-16-12)11(14)6-7-20(2,17)18/h3-5,8,11H,6-7,14H2,1-2H3. The van der Waals surface area contributed by atoms with E-state index in [1.165, 1.54) is 6.26 Å². The maximum Gasteiger partial charge on any atom is 0.243 e. The minimum Gasteiger partial charge on any atom is -0.337 e. The van der Waals surface area contributed by atoms with Crippen LogP contribution in [0.1, 0.15) is 23.9 Å². The lowest BCUT2D eigenvalue weighted by molar-refractivity contribution is 0.352. The van der Waals surface area contributed by atoms with Crippen molar-refractivity contribution in [2.45, 2.75) is 19.4 Å². The third kappa shape index (κ3) is 3.88. The Morgan fingerprint density at radius 1 is 1.40 bits per heavy atom. The number of nitrogens with two attached hydrogens (primary N) is 1. The molecule has 0 aliphatic rings. The van der Waals surface area contributed by atoms with Crippen LogP contribution in [0, 0.1) is 6.92 Å². The number of hydrogen-bond acceptors (Lipinski definition) is 6. The number of sulfone groups is 1. The van der Waals surface area contributed by atoms with Crippen LogP contribution in [0.4, 0.5) is 0 Å². The Hall–Kier alpha value is -1.73. The average molecular weight is 295 g/mol. The van der Waals surface area contributed by atoms with Crippen LogP contribution >= 0.6 is 0 Å². The molecular formula is C13H17N3O3S. The molecule has 1 aromatic carbocycles. The number of aromatic nitrogens is 2. The van der Waals surface area contributed by atoms with Crippen LogP contribution in [0.5, 0.6) is 0 Å². The molecular weight excluding hydrogens is 278 g/mol. The van der Waals surface area contributed by atoms with Crippen molar-refractivity contribution in [2.75, 3.05) is 12.0 Å². The maximum atomic E-state index is 11.1. The first-order chi connectivity index (χ1) is 9.35. The van der Waals surface area contributed by atoms with Crippen LogP contribution in [-0.2, 0) is 9.84 Å². The molecule has 1 heterocycles. The van der Waals surface area contributed by atoms with Crippen molar-refractivity contribution in [1.29, 1.82) is 0 Å². The third-order valence-corrected chi connectivity index (χ3v) is 3.81. The molecule has 0 saturated heterocycles. The van der Waals surface area contributed by atoms with Gasteiger partial charge in [0, 0.05) is 11.8 Å². The van der Waals surface area contributed by atoms with Gasteiger partial charge in [0.15, 0.2) is 0 Å². The Morgan fingerprint density at radius 2 is 2.15 bits per heavy atom. The zero-order valence-electron chi connectivity index (χ0n) is 11.4. The summed E-state index contributed by atoms with van der Waals surface area (Å²) in [5.41, 5.74) is 7.80. The molecule has 1 unspecified atom stereocenters. The normalized spacial score (nSPS) is 13.3. The van der Waals surface area contributed by atoms with E-state index in [1.54, 1.807) is 0 Å². The van der Waals surface area contributed by atoms with E-state index in [9.17, 15) is 8.42 Å². The predicted molar refractivity (Wildman–Crippen MR) is 75.7 cm³/mol. The Kier molecular flexibility index (Phi) is 4.20. The smallest absolute Gasteiger partial charge is 0.243 e. The lowest BCUT2D eigenvalue weighted by Gasteiger charge is -2.04. The molecule has 6 nitrogen and oxygen atoms in total. The molecule has 0 radical (unpaired) electrons. The van der Waals surface area contributed by atoms with E-state index in [0.717, 1.165) is 11.1 Å². The van der Waals surface area contributed by atoms with Gasteiger partial charge in [-0.2, -0.15) is 4.98 Å². The van der Waals surface area contributed by atoms with Crippen LogP contribution in [-0.4, -0.2) is 30.6 Å². The van der Waals surface area contributed by atoms with Gasteiger partial charge in [-0.25, -0.2) is 8.42 Å². The van der Waals surface area contributed by atoms with Crippen molar-refractivity contribution in [3.63, 3.8) is 0 Å². The second-order valence-corrected chi connectivity index (χ2v) is 7.11. The highest BCUT2D eigenvalue weighted by atomic mass is 32.2. The lowest BCUT2D eigenvalue weighted by atomic mass is 10.1. The van der Waals surface area contributed by atoms with Crippen molar-refractivity contribution in [2.24, 2.45) is 5.73 Å². The molecule has 0 bridgehead atoms. The van der Waals surface area contributed by atoms with Gasteiger partial charge in [0.2, 0.25) is 11.7 Å². The van der Waals surface area contributed by atoms with Crippen LogP contribution in [0.3, 0.4) is 0 Å². The first kappa shape index (κ1) is 14.7. The topological polar surface area (TPSA) is 99.1 Å². The van der Waals surface area contributed by atoms with Gasteiger partial charge in [0.05, 0.1) is 11.8 Å². The molecule has 2 rings (SSSR count). The Bertz CT molecular complexity index is 694. The first-order valence-electron chi connectivity index (χ1n) is 6.19. The number of hydrogen-bond donors (Lipinski definition) is 1. The second-order valence-electron chi connectivity index (χ2n) is 4.85. The summed E-state index contributed by atoms with van der Waals surface area (Å²) >= 11 is 0. The van der Waals surface area contributed by atoms with E-state index < -0.39 is 15.9 Å². The monoisotopic (exact) mass is 295 g/mol. The molecule has 2 aromatic rings. The van der Waals surface area contributed by atoms with E-state index in [0.29, 0.717) is 5.82 Å². The summed E-state index contributed by atoms with van der Waals surface area (Å²) in [6.07, 6.45) is 1.43. The molecule has 0 aliphatic carbocycles. The SMILES string of the molecule is Cc1cccc(-c2noc(C(N)CCS(C)(=O)=O)n2)c1. The van der Waals surface area contributed by atoms with E-state index in [1.807, 2.05) is 31.2 Å². The Morgan fingerprint density at radius 3 is 2.80 bits per heavy atom. The van der Waals surface area contributed by atoms with Crippen LogP contribution in [0.25, 0.3) is 11.4 Å². The molecule has 0 amide bonds. The summed E-state index contributed by atoms with van der Waals surface area (Å²) < 4.78 is 27.3. The summed E-state index contributed by atoms with van der Waals surface area (Å²) in [4.78, 5) is 4.22. The van der Waals surface area contributed by atoms with Crippen molar-refractivity contribution >= 4 is 9.84 Å². The number of benzene rings is 1. The quantitative estimate of drug-likeness (QED) is 0.897. The minimum absolute atomic E-state index is 0.00365. The van der Waals surface area contributed by atoms with E-state index >= 15 is 0 Å². The lowest BCUT2D eigenvalue weighted by Crippen LogP contribution is -2.16. The fourth-order valence-electron chi connectivity index (χ4n) is 1.75. The molecule has 7 heteroatoms. The van der Waals surface area contributed by atoms with Gasteiger partial charge in [-0.05, 0) is 19.4 Å². The third-order valence-electron chi connectivity index (χ3n) is 2.83. The number of rotatable bonds is 5. The summed E-state index contributed by atoms with van der Waals surface area (Å²) in [5.74, 6) is 0.708. The largest absolute Gasteiger partial charge is 0.337 e. The minimum atomic E-state index is -3.05. The van der Waals surface area contributed by atoms with Crippen LogP contribution < -0.4 is 5.73 Å². The molecule has 2 N–H and O–H groups in total. The first-order valence-corrected chi connectivity index (χ1v) is 8.25. The summed E-state index contributed by atoms with van der Waals surface area (Å²) in [6, 6.07) is 7.13. The highest BCUT2D eigenvalue weighted by molar-refractivity contribution is 7.90. The zero-order chi connectivity index (χ0) is 14.8. The van der Waals surface area contributed by atoms with Gasteiger partial charge in [-0.15, -0.1) is 0 Å². The Balaban J connectivity index is 2.12. The van der Waals surface area contributed by atoms with Gasteiger partial charge >= 0.3 is 0 Å². The second kappa shape index (κ2) is 5.72. The van der Waals surface area contributed by atoms with Crippen molar-refractivity contribution < 1.29 is 12.9 Å². The number of aryl methyl sites for hydroxylation is 1. The molecule has 0 saturated carbocycles. The van der Waals surface area contributed by atoms with Gasteiger partial charge in [-0.3, -0.25) is 0 Å². The highest BCUT2D eigenvalue weighted by Gasteiger charge is 2.17. The molecule has 108 valence electrons. The molecule has 0 spiro atoms. The number of nitrogens with zero attached hydrogens (tertiary/aromatic N) is 2. The van der Waals surface area contributed by atoms with Crippen molar-refractivity contribution in [1.82, 2.24) is 10.1 Å². The summed E-state index contributed by atoms with van der Waals surface area (Å²) in [7, 11) is -3.05. The predicted octanol–water partition coefficient (Wildman–Crippen LogP) is 1.48. The molecule has 1 atom stereocenters.